The van der Waals surface area contributed by atoms with Gasteiger partial charge in [0.1, 0.15) is 17.1 Å². The molecule has 3 N–H and O–H groups in total. The van der Waals surface area contributed by atoms with Gasteiger partial charge in [0.05, 0.1) is 6.42 Å². The molecule has 1 saturated heterocycles. The fourth-order valence-corrected chi connectivity index (χ4v) is 6.35. The van der Waals surface area contributed by atoms with Crippen molar-refractivity contribution < 1.29 is 44.7 Å². The number of amidine groups is 1. The second kappa shape index (κ2) is 10.8. The summed E-state index contributed by atoms with van der Waals surface area (Å²) in [5.74, 6) is -1.18. The van der Waals surface area contributed by atoms with Crippen molar-refractivity contribution >= 4 is 33.5 Å². The van der Waals surface area contributed by atoms with Crippen molar-refractivity contribution in [2.24, 2.45) is 10.7 Å². The van der Waals surface area contributed by atoms with Gasteiger partial charge in [-0.05, 0) is 67.6 Å². The minimum Gasteiger partial charge on any atom is -0.406 e. The van der Waals surface area contributed by atoms with Crippen LogP contribution in [0.5, 0.6) is 5.75 Å². The van der Waals surface area contributed by atoms with Crippen LogP contribution in [0.3, 0.4) is 0 Å². The van der Waals surface area contributed by atoms with E-state index in [0.29, 0.717) is 21.1 Å². The Labute approximate surface area is 238 Å². The molecule has 2 heterocycles. The number of hydrogen-bond acceptors (Lipinski definition) is 6. The van der Waals surface area contributed by atoms with Crippen LogP contribution >= 0.6 is 0 Å². The second-order valence-electron chi connectivity index (χ2n) is 10.2. The molecular weight excluding hydrogens is 589 g/mol. The molecule has 1 fully saturated rings. The number of carbonyl (C=O) groups excluding carboxylic acids is 2. The van der Waals surface area contributed by atoms with E-state index in [2.05, 4.69) is 15.0 Å². The second-order valence-corrected chi connectivity index (χ2v) is 12.3. The van der Waals surface area contributed by atoms with Crippen molar-refractivity contribution in [3.05, 3.63) is 58.7 Å². The van der Waals surface area contributed by atoms with Gasteiger partial charge >= 0.3 is 17.6 Å². The Hall–Kier alpha value is -3.79. The molecule has 16 heteroatoms. The van der Waals surface area contributed by atoms with E-state index < -0.39 is 64.4 Å². The van der Waals surface area contributed by atoms with Crippen LogP contribution in [-0.2, 0) is 21.2 Å². The van der Waals surface area contributed by atoms with Crippen LogP contribution in [0.2, 0.25) is 0 Å². The van der Waals surface area contributed by atoms with Gasteiger partial charge in [-0.1, -0.05) is 12.1 Å². The number of alkyl halides is 5. The highest BCUT2D eigenvalue weighted by Crippen LogP contribution is 2.38. The van der Waals surface area contributed by atoms with Gasteiger partial charge < -0.3 is 15.8 Å². The summed E-state index contributed by atoms with van der Waals surface area (Å²) in [4.78, 5) is 29.8. The number of aryl methyl sites for hydroxylation is 2. The highest BCUT2D eigenvalue weighted by atomic mass is 32.2. The third-order valence-electron chi connectivity index (χ3n) is 7.37. The average molecular weight is 618 g/mol. The largest absolute Gasteiger partial charge is 0.573 e. The summed E-state index contributed by atoms with van der Waals surface area (Å²) >= 11 is 0. The molecule has 4 rings (SSSR count). The van der Waals surface area contributed by atoms with E-state index in [4.69, 9.17) is 5.73 Å². The number of aliphatic imine (C=N–C) groups is 1. The zero-order chi connectivity index (χ0) is 31.3. The minimum absolute atomic E-state index is 0.0364. The number of rotatable bonds is 7. The number of hydrogen-bond donors (Lipinski definition) is 2. The van der Waals surface area contributed by atoms with E-state index >= 15 is 8.78 Å². The number of primary amides is 1. The number of nitrogens with two attached hydrogens (primary N) is 1. The van der Waals surface area contributed by atoms with Gasteiger partial charge in [-0.2, -0.15) is 13.1 Å². The number of anilines is 1. The molecule has 3 amide bonds. The predicted molar refractivity (Wildman–Crippen MR) is 143 cm³/mol. The average Bonchev–Trinajstić information content (AvgIpc) is 3.20. The smallest absolute Gasteiger partial charge is 0.406 e. The molecule has 0 unspecified atom stereocenters. The first-order valence-corrected chi connectivity index (χ1v) is 14.1. The molecule has 0 aromatic heterocycles. The summed E-state index contributed by atoms with van der Waals surface area (Å²) in [7, 11) is -3.76. The SMILES string of the molecule is Cc1cc(N(C)C(N)=O)cc(C)c1CC(F)(F)S(=O)(=O)N1CCC2(CC1)N=C(c1cccc(OC(F)(F)F)c1)NC2=O. The molecule has 10 nitrogen and oxygen atoms in total. The summed E-state index contributed by atoms with van der Waals surface area (Å²) < 4.78 is 99.3. The number of nitrogens with zero attached hydrogens (tertiary/aromatic N) is 3. The minimum atomic E-state index is -5.17. The maximum atomic E-state index is 15.4. The number of benzene rings is 2. The Kier molecular flexibility index (Phi) is 8.01. The lowest BCUT2D eigenvalue weighted by atomic mass is 9.89. The Bertz CT molecular complexity index is 1530. The normalized spacial score (nSPS) is 17.6. The zero-order valence-corrected chi connectivity index (χ0v) is 23.6. The van der Waals surface area contributed by atoms with E-state index in [1.165, 1.54) is 45.2 Å². The summed E-state index contributed by atoms with van der Waals surface area (Å²) in [6.07, 6.45) is -6.48. The summed E-state index contributed by atoms with van der Waals surface area (Å²) in [5.41, 5.74) is 5.09. The standard InChI is InChI=1S/C26H28F5N5O5S/c1-15-11-18(35(3)23(32)38)12-16(2)20(15)14-25(27,28)42(39,40)36-9-7-24(8-10-36)22(37)33-21(34-24)17-5-4-6-19(13-17)41-26(29,30)31/h4-6,11-13H,7-10,14H2,1-3H3,(H2,32,38)(H,33,34,37). The van der Waals surface area contributed by atoms with Crippen LogP contribution in [0, 0.1) is 13.8 Å². The molecule has 0 bridgehead atoms. The Morgan fingerprint density at radius 3 is 2.26 bits per heavy atom. The van der Waals surface area contributed by atoms with E-state index in [-0.39, 0.29) is 29.8 Å². The van der Waals surface area contributed by atoms with Crippen LogP contribution in [0.25, 0.3) is 0 Å². The van der Waals surface area contributed by atoms with E-state index in [1.807, 2.05) is 0 Å². The van der Waals surface area contributed by atoms with Gasteiger partial charge in [0.2, 0.25) is 0 Å². The van der Waals surface area contributed by atoms with Crippen molar-refractivity contribution in [1.29, 1.82) is 0 Å². The molecule has 2 aliphatic rings. The summed E-state index contributed by atoms with van der Waals surface area (Å²) in [6, 6.07) is 6.95. The highest BCUT2D eigenvalue weighted by Gasteiger charge is 2.53. The van der Waals surface area contributed by atoms with Crippen LogP contribution in [-0.4, -0.2) is 67.8 Å². The third-order valence-corrected chi connectivity index (χ3v) is 9.31. The number of nitrogens with one attached hydrogen (secondary N) is 1. The molecule has 1 spiro atoms. The molecule has 0 radical (unpaired) electrons. The van der Waals surface area contributed by atoms with Gasteiger partial charge in [0.25, 0.3) is 15.9 Å². The van der Waals surface area contributed by atoms with E-state index in [0.717, 1.165) is 17.0 Å². The maximum Gasteiger partial charge on any atom is 0.573 e. The third kappa shape index (κ3) is 6.04. The van der Waals surface area contributed by atoms with E-state index in [1.54, 1.807) is 0 Å². The highest BCUT2D eigenvalue weighted by molar-refractivity contribution is 7.90. The lowest BCUT2D eigenvalue weighted by Gasteiger charge is -2.36. The fourth-order valence-electron chi connectivity index (χ4n) is 4.99. The number of piperidine rings is 1. The number of sulfonamides is 1. The quantitative estimate of drug-likeness (QED) is 0.458. The molecule has 0 saturated carbocycles. The fraction of sp³-hybridized carbons (Fsp3) is 0.423. The Balaban J connectivity index is 1.50. The predicted octanol–water partition coefficient (Wildman–Crippen LogP) is 3.59. The molecule has 2 aliphatic heterocycles. The lowest BCUT2D eigenvalue weighted by Crippen LogP contribution is -2.53. The van der Waals surface area contributed by atoms with Gasteiger partial charge in [0, 0.05) is 31.4 Å². The first kappa shape index (κ1) is 31.2. The number of urea groups is 1. The molecule has 2 aromatic rings. The van der Waals surface area contributed by atoms with Crippen LogP contribution in [0.15, 0.2) is 41.4 Å². The zero-order valence-electron chi connectivity index (χ0n) is 22.8. The summed E-state index contributed by atoms with van der Waals surface area (Å²) in [6.45, 7) is 2.18. The van der Waals surface area contributed by atoms with Crippen molar-refractivity contribution in [2.75, 3.05) is 25.0 Å². The molecule has 0 atom stereocenters. The van der Waals surface area contributed by atoms with Gasteiger partial charge in [-0.15, -0.1) is 13.2 Å². The first-order chi connectivity index (χ1) is 19.3. The maximum absolute atomic E-state index is 15.4. The number of halogens is 5. The lowest BCUT2D eigenvalue weighted by molar-refractivity contribution is -0.274. The Morgan fingerprint density at radius 2 is 1.71 bits per heavy atom. The Morgan fingerprint density at radius 1 is 1.12 bits per heavy atom. The number of amides is 3. The van der Waals surface area contributed by atoms with Gasteiger partial charge in [-0.25, -0.2) is 13.2 Å². The van der Waals surface area contributed by atoms with Crippen molar-refractivity contribution in [2.45, 2.75) is 50.3 Å². The van der Waals surface area contributed by atoms with Crippen LogP contribution in [0.1, 0.15) is 35.1 Å². The van der Waals surface area contributed by atoms with Gasteiger partial charge in [0.15, 0.2) is 0 Å². The first-order valence-electron chi connectivity index (χ1n) is 12.6. The molecular formula is C26H28F5N5O5S. The summed E-state index contributed by atoms with van der Waals surface area (Å²) in [5, 5.41) is -1.70. The topological polar surface area (TPSA) is 134 Å². The molecule has 42 heavy (non-hydrogen) atoms. The van der Waals surface area contributed by atoms with Crippen molar-refractivity contribution in [1.82, 2.24) is 9.62 Å². The number of carbonyl (C=O) groups is 2. The molecule has 0 aliphatic carbocycles. The van der Waals surface area contributed by atoms with Crippen LogP contribution in [0.4, 0.5) is 32.4 Å². The molecule has 228 valence electrons. The van der Waals surface area contributed by atoms with Gasteiger partial charge in [-0.3, -0.25) is 14.7 Å². The van der Waals surface area contributed by atoms with E-state index in [9.17, 15) is 31.2 Å². The van der Waals surface area contributed by atoms with Crippen molar-refractivity contribution in [3.63, 3.8) is 0 Å². The van der Waals surface area contributed by atoms with Crippen molar-refractivity contribution in [3.8, 4) is 5.75 Å². The number of ether oxygens (including phenoxy) is 1. The molecule has 2 aromatic carbocycles. The van der Waals surface area contributed by atoms with Crippen LogP contribution < -0.4 is 20.7 Å². The monoisotopic (exact) mass is 617 g/mol.